The molecule has 0 aromatic heterocycles. The molecule has 2 nitrogen and oxygen atoms in total. The zero-order chi connectivity index (χ0) is 12.4. The summed E-state index contributed by atoms with van der Waals surface area (Å²) in [5, 5.41) is 0. The monoisotopic (exact) mass is 244 g/mol. The first-order chi connectivity index (χ1) is 8.83. The third-order valence-electron chi connectivity index (χ3n) is 4.62. The van der Waals surface area contributed by atoms with E-state index in [1.807, 2.05) is 0 Å². The molecule has 0 N–H and O–H groups in total. The average molecular weight is 244 g/mol. The highest BCUT2D eigenvalue weighted by atomic mass is 15.3. The second kappa shape index (κ2) is 5.31. The largest absolute Gasteiger partial charge is 0.369 e. The smallest absolute Gasteiger partial charge is 0.0367 e. The van der Waals surface area contributed by atoms with Gasteiger partial charge < -0.3 is 4.90 Å². The van der Waals surface area contributed by atoms with Gasteiger partial charge in [-0.3, -0.25) is 4.90 Å². The number of piperazine rings is 1. The fourth-order valence-corrected chi connectivity index (χ4v) is 3.49. The van der Waals surface area contributed by atoms with Crippen LogP contribution in [0, 0.1) is 5.92 Å². The van der Waals surface area contributed by atoms with E-state index in [0.717, 1.165) is 12.0 Å². The number of para-hydroxylation sites is 1. The van der Waals surface area contributed by atoms with Crippen molar-refractivity contribution in [3.05, 3.63) is 30.3 Å². The Kier molecular flexibility index (Phi) is 3.55. The van der Waals surface area contributed by atoms with Gasteiger partial charge in [0.05, 0.1) is 0 Å². The molecule has 1 aromatic carbocycles. The van der Waals surface area contributed by atoms with E-state index in [4.69, 9.17) is 0 Å². The zero-order valence-electron chi connectivity index (χ0n) is 11.4. The molecule has 18 heavy (non-hydrogen) atoms. The Hall–Kier alpha value is -1.02. The van der Waals surface area contributed by atoms with Crippen molar-refractivity contribution in [3.63, 3.8) is 0 Å². The van der Waals surface area contributed by atoms with E-state index in [0.29, 0.717) is 0 Å². The molecule has 0 radical (unpaired) electrons. The second-order valence-corrected chi connectivity index (χ2v) is 5.93. The highest BCUT2D eigenvalue weighted by molar-refractivity contribution is 5.46. The Morgan fingerprint density at radius 1 is 0.944 bits per heavy atom. The van der Waals surface area contributed by atoms with Crippen molar-refractivity contribution < 1.29 is 0 Å². The van der Waals surface area contributed by atoms with Crippen LogP contribution in [0.25, 0.3) is 0 Å². The van der Waals surface area contributed by atoms with E-state index in [-0.39, 0.29) is 0 Å². The lowest BCUT2D eigenvalue weighted by Gasteiger charge is -2.39. The fourth-order valence-electron chi connectivity index (χ4n) is 3.49. The van der Waals surface area contributed by atoms with Crippen LogP contribution < -0.4 is 4.90 Å². The Morgan fingerprint density at radius 2 is 1.67 bits per heavy atom. The standard InChI is InChI=1S/C16H24N2/c1-14-7-8-16(13-14)18-11-9-17(10-12-18)15-5-3-2-4-6-15/h2-6,14,16H,7-13H2,1H3/t14-,16-/m1/s1. The van der Waals surface area contributed by atoms with Crippen molar-refractivity contribution in [2.24, 2.45) is 5.92 Å². The number of benzene rings is 1. The molecule has 0 unspecified atom stereocenters. The molecule has 3 rings (SSSR count). The molecular weight excluding hydrogens is 220 g/mol. The van der Waals surface area contributed by atoms with Gasteiger partial charge in [0.2, 0.25) is 0 Å². The van der Waals surface area contributed by atoms with Gasteiger partial charge in [-0.15, -0.1) is 0 Å². The predicted molar refractivity (Wildman–Crippen MR) is 77.0 cm³/mol. The maximum atomic E-state index is 2.73. The van der Waals surface area contributed by atoms with E-state index in [1.54, 1.807) is 0 Å². The Labute approximate surface area is 111 Å². The van der Waals surface area contributed by atoms with Crippen molar-refractivity contribution in [3.8, 4) is 0 Å². The van der Waals surface area contributed by atoms with Crippen LogP contribution in [-0.2, 0) is 0 Å². The maximum Gasteiger partial charge on any atom is 0.0367 e. The normalized spacial score (nSPS) is 29.7. The molecule has 1 aromatic rings. The molecule has 1 aliphatic carbocycles. The van der Waals surface area contributed by atoms with Gasteiger partial charge in [-0.25, -0.2) is 0 Å². The van der Waals surface area contributed by atoms with Gasteiger partial charge in [0.1, 0.15) is 0 Å². The van der Waals surface area contributed by atoms with Gasteiger partial charge in [0.15, 0.2) is 0 Å². The van der Waals surface area contributed by atoms with Crippen molar-refractivity contribution in [1.29, 1.82) is 0 Å². The first-order valence-electron chi connectivity index (χ1n) is 7.37. The number of anilines is 1. The molecule has 1 aliphatic heterocycles. The van der Waals surface area contributed by atoms with Gasteiger partial charge in [0.25, 0.3) is 0 Å². The van der Waals surface area contributed by atoms with Gasteiger partial charge in [-0.05, 0) is 37.3 Å². The lowest BCUT2D eigenvalue weighted by molar-refractivity contribution is 0.184. The Balaban J connectivity index is 1.55. The third kappa shape index (κ3) is 2.54. The molecule has 1 heterocycles. The summed E-state index contributed by atoms with van der Waals surface area (Å²) in [6.45, 7) is 7.27. The molecule has 2 fully saturated rings. The Morgan fingerprint density at radius 3 is 2.28 bits per heavy atom. The topological polar surface area (TPSA) is 6.48 Å². The minimum Gasteiger partial charge on any atom is -0.369 e. The maximum absolute atomic E-state index is 2.73. The van der Waals surface area contributed by atoms with Crippen molar-refractivity contribution in [2.45, 2.75) is 32.2 Å². The van der Waals surface area contributed by atoms with E-state index in [1.165, 1.54) is 51.1 Å². The number of rotatable bonds is 2. The summed E-state index contributed by atoms with van der Waals surface area (Å²) in [6, 6.07) is 11.7. The van der Waals surface area contributed by atoms with Crippen molar-refractivity contribution in [2.75, 3.05) is 31.1 Å². The summed E-state index contributed by atoms with van der Waals surface area (Å²) in [5.41, 5.74) is 1.39. The number of nitrogens with zero attached hydrogens (tertiary/aromatic N) is 2. The molecule has 2 aliphatic rings. The van der Waals surface area contributed by atoms with Crippen LogP contribution in [0.2, 0.25) is 0 Å². The van der Waals surface area contributed by atoms with Crippen LogP contribution in [0.3, 0.4) is 0 Å². The van der Waals surface area contributed by atoms with Crippen LogP contribution in [0.4, 0.5) is 5.69 Å². The third-order valence-corrected chi connectivity index (χ3v) is 4.62. The molecule has 0 amide bonds. The van der Waals surface area contributed by atoms with Crippen LogP contribution in [0.1, 0.15) is 26.2 Å². The van der Waals surface area contributed by atoms with Crippen molar-refractivity contribution in [1.82, 2.24) is 4.90 Å². The summed E-state index contributed by atoms with van der Waals surface area (Å²) in [4.78, 5) is 5.25. The first-order valence-corrected chi connectivity index (χ1v) is 7.37. The van der Waals surface area contributed by atoms with E-state index < -0.39 is 0 Å². The second-order valence-electron chi connectivity index (χ2n) is 5.93. The average Bonchev–Trinajstić information content (AvgIpc) is 2.87. The molecule has 98 valence electrons. The first kappa shape index (κ1) is 12.0. The summed E-state index contributed by atoms with van der Waals surface area (Å²) in [6.07, 6.45) is 4.28. The molecule has 0 bridgehead atoms. The molecular formula is C16H24N2. The Bertz CT molecular complexity index is 368. The molecule has 0 spiro atoms. The molecule has 1 saturated heterocycles. The highest BCUT2D eigenvalue weighted by Crippen LogP contribution is 2.29. The number of hydrogen-bond acceptors (Lipinski definition) is 2. The molecule has 1 saturated carbocycles. The number of hydrogen-bond donors (Lipinski definition) is 0. The van der Waals surface area contributed by atoms with Crippen LogP contribution in [0.5, 0.6) is 0 Å². The summed E-state index contributed by atoms with van der Waals surface area (Å²) in [5.74, 6) is 0.946. The SMILES string of the molecule is C[C@@H]1CC[C@@H](N2CCN(c3ccccc3)CC2)C1. The minimum atomic E-state index is 0.873. The van der Waals surface area contributed by atoms with E-state index in [2.05, 4.69) is 47.1 Å². The zero-order valence-corrected chi connectivity index (χ0v) is 11.4. The van der Waals surface area contributed by atoms with Crippen LogP contribution >= 0.6 is 0 Å². The van der Waals surface area contributed by atoms with Gasteiger partial charge >= 0.3 is 0 Å². The summed E-state index contributed by atoms with van der Waals surface area (Å²) >= 11 is 0. The van der Waals surface area contributed by atoms with E-state index in [9.17, 15) is 0 Å². The van der Waals surface area contributed by atoms with Gasteiger partial charge in [0, 0.05) is 37.9 Å². The van der Waals surface area contributed by atoms with Crippen LogP contribution in [-0.4, -0.2) is 37.1 Å². The van der Waals surface area contributed by atoms with Crippen LogP contribution in [0.15, 0.2) is 30.3 Å². The predicted octanol–water partition coefficient (Wildman–Crippen LogP) is 3.00. The fraction of sp³-hybridized carbons (Fsp3) is 0.625. The summed E-state index contributed by atoms with van der Waals surface area (Å²) < 4.78 is 0. The highest BCUT2D eigenvalue weighted by Gasteiger charge is 2.29. The molecule has 2 atom stereocenters. The van der Waals surface area contributed by atoms with Gasteiger partial charge in [-0.1, -0.05) is 25.1 Å². The lowest BCUT2D eigenvalue weighted by atomic mass is 10.1. The quantitative estimate of drug-likeness (QED) is 0.789. The van der Waals surface area contributed by atoms with Gasteiger partial charge in [-0.2, -0.15) is 0 Å². The van der Waals surface area contributed by atoms with E-state index >= 15 is 0 Å². The van der Waals surface area contributed by atoms with Crippen molar-refractivity contribution >= 4 is 5.69 Å². The minimum absolute atomic E-state index is 0.873. The summed E-state index contributed by atoms with van der Waals surface area (Å²) in [7, 11) is 0. The molecule has 2 heteroatoms. The lowest BCUT2D eigenvalue weighted by Crippen LogP contribution is -2.49.